The molecule has 0 saturated carbocycles. The van der Waals surface area contributed by atoms with Crippen LogP contribution >= 0.6 is 0 Å². The second kappa shape index (κ2) is 5.11. The second-order valence-corrected chi connectivity index (χ2v) is 13.3. The maximum atomic E-state index is 12.0. The minimum Gasteiger partial charge on any atom is -0.452 e. The molecule has 4 aliphatic heterocycles. The summed E-state index contributed by atoms with van der Waals surface area (Å²) in [5.41, 5.74) is 0.766. The van der Waals surface area contributed by atoms with Crippen LogP contribution in [-0.4, -0.2) is 56.7 Å². The van der Waals surface area contributed by atoms with E-state index in [-0.39, 0.29) is 23.2 Å². The van der Waals surface area contributed by atoms with Crippen molar-refractivity contribution >= 4 is 20.0 Å². The third-order valence-electron chi connectivity index (χ3n) is 5.28. The fraction of sp³-hybridized carbons (Fsp3) is 0.875. The Bertz CT molecular complexity index is 551. The fourth-order valence-electron chi connectivity index (χ4n) is 2.92. The summed E-state index contributed by atoms with van der Waals surface area (Å²) in [6, 6.07) is -0.634. The molecule has 130 valence electrons. The van der Waals surface area contributed by atoms with E-state index in [1.54, 1.807) is 0 Å². The summed E-state index contributed by atoms with van der Waals surface area (Å²) in [6.07, 6.45) is -1.14. The van der Waals surface area contributed by atoms with Gasteiger partial charge in [0.15, 0.2) is 26.3 Å². The molecule has 4 unspecified atom stereocenters. The fourth-order valence-corrected chi connectivity index (χ4v) is 3.86. The largest absolute Gasteiger partial charge is 0.452 e. The van der Waals surface area contributed by atoms with Gasteiger partial charge in [-0.15, -0.1) is 0 Å². The Morgan fingerprint density at radius 1 is 1.22 bits per heavy atom. The number of aliphatic imine (C=N–C) groups is 1. The number of hydrogen-bond donors (Lipinski definition) is 0. The minimum atomic E-state index is -1.89. The first-order valence-corrected chi connectivity index (χ1v) is 11.1. The molecule has 0 aromatic carbocycles. The van der Waals surface area contributed by atoms with Gasteiger partial charge in [0.2, 0.25) is 0 Å². The monoisotopic (exact) mass is 341 g/mol. The lowest BCUT2D eigenvalue weighted by molar-refractivity contribution is -0.166. The molecule has 23 heavy (non-hydrogen) atoms. The van der Waals surface area contributed by atoms with Gasteiger partial charge in [-0.2, -0.15) is 0 Å². The van der Waals surface area contributed by atoms with Crippen LogP contribution in [0.1, 0.15) is 34.6 Å². The SMILES string of the molecule is CC1(C)OC2C3N=C(CO[Si](C)(C)C(C)(C)C)C(OC3=O)C2O1. The number of fused-ring (bicyclic) bond motifs is 1. The first-order chi connectivity index (χ1) is 10.4. The average Bonchev–Trinajstić information content (AvgIpc) is 2.72. The first kappa shape index (κ1) is 17.1. The summed E-state index contributed by atoms with van der Waals surface area (Å²) in [6.45, 7) is 15.1. The zero-order valence-electron chi connectivity index (χ0n) is 15.0. The summed E-state index contributed by atoms with van der Waals surface area (Å²) in [5, 5.41) is 0.120. The van der Waals surface area contributed by atoms with Crippen molar-refractivity contribution in [3.8, 4) is 0 Å². The molecule has 2 bridgehead atoms. The molecule has 4 heterocycles. The Kier molecular flexibility index (Phi) is 3.80. The molecule has 0 aliphatic carbocycles. The molecule has 4 aliphatic rings. The van der Waals surface area contributed by atoms with E-state index in [0.717, 1.165) is 5.71 Å². The van der Waals surface area contributed by atoms with E-state index in [0.29, 0.717) is 6.61 Å². The zero-order valence-corrected chi connectivity index (χ0v) is 16.0. The van der Waals surface area contributed by atoms with Crippen molar-refractivity contribution in [2.24, 2.45) is 4.99 Å². The smallest absolute Gasteiger partial charge is 0.334 e. The van der Waals surface area contributed by atoms with Crippen molar-refractivity contribution in [3.63, 3.8) is 0 Å². The Hall–Kier alpha value is -0.763. The Labute approximate surface area is 138 Å². The lowest BCUT2D eigenvalue weighted by Crippen LogP contribution is -2.61. The van der Waals surface area contributed by atoms with Crippen LogP contribution in [0.5, 0.6) is 0 Å². The van der Waals surface area contributed by atoms with E-state index in [1.165, 1.54) is 0 Å². The highest BCUT2D eigenvalue weighted by Crippen LogP contribution is 2.41. The van der Waals surface area contributed by atoms with E-state index in [4.69, 9.17) is 18.6 Å². The third kappa shape index (κ3) is 2.88. The van der Waals surface area contributed by atoms with E-state index in [9.17, 15) is 4.79 Å². The Morgan fingerprint density at radius 2 is 1.83 bits per heavy atom. The number of carbonyl (C=O) groups is 1. The third-order valence-corrected chi connectivity index (χ3v) is 9.76. The molecule has 4 atom stereocenters. The average molecular weight is 341 g/mol. The van der Waals surface area contributed by atoms with Gasteiger partial charge in [0.25, 0.3) is 0 Å². The van der Waals surface area contributed by atoms with Crippen LogP contribution in [0.3, 0.4) is 0 Å². The van der Waals surface area contributed by atoms with Crippen molar-refractivity contribution < 1.29 is 23.4 Å². The first-order valence-electron chi connectivity index (χ1n) is 8.18. The van der Waals surface area contributed by atoms with Crippen molar-refractivity contribution in [2.45, 2.75) is 82.9 Å². The van der Waals surface area contributed by atoms with Gasteiger partial charge in [-0.05, 0) is 32.0 Å². The zero-order chi connectivity index (χ0) is 17.2. The van der Waals surface area contributed by atoms with Gasteiger partial charge in [0.05, 0.1) is 12.3 Å². The van der Waals surface area contributed by atoms with Crippen LogP contribution in [0.25, 0.3) is 0 Å². The van der Waals surface area contributed by atoms with E-state index < -0.39 is 26.3 Å². The molecule has 0 aromatic rings. The van der Waals surface area contributed by atoms with Crippen LogP contribution in [0, 0.1) is 0 Å². The van der Waals surface area contributed by atoms with Crippen molar-refractivity contribution in [1.82, 2.24) is 0 Å². The molecule has 2 saturated heterocycles. The lowest BCUT2D eigenvalue weighted by Gasteiger charge is -2.41. The number of ether oxygens (including phenoxy) is 3. The van der Waals surface area contributed by atoms with Crippen LogP contribution in [0.2, 0.25) is 18.1 Å². The standard InChI is InChI=1S/C16H27NO5Si/c1-15(2,3)23(6,7)19-8-9-11-13-12(21-16(4,5)22-13)10(17-9)14(18)20-11/h10-13H,8H2,1-7H3. The van der Waals surface area contributed by atoms with Crippen LogP contribution in [0.15, 0.2) is 4.99 Å². The number of nitrogens with zero attached hydrogens (tertiary/aromatic N) is 1. The van der Waals surface area contributed by atoms with Gasteiger partial charge in [0, 0.05) is 0 Å². The van der Waals surface area contributed by atoms with Crippen molar-refractivity contribution in [1.29, 1.82) is 0 Å². The van der Waals surface area contributed by atoms with E-state index in [1.807, 2.05) is 13.8 Å². The highest BCUT2D eigenvalue weighted by Gasteiger charge is 2.60. The number of hydrogen-bond acceptors (Lipinski definition) is 6. The molecular weight excluding hydrogens is 314 g/mol. The van der Waals surface area contributed by atoms with E-state index in [2.05, 4.69) is 38.9 Å². The van der Waals surface area contributed by atoms with Gasteiger partial charge in [-0.25, -0.2) is 4.79 Å². The Morgan fingerprint density at radius 3 is 2.43 bits per heavy atom. The normalized spacial score (nSPS) is 35.8. The molecular formula is C16H27NO5Si. The topological polar surface area (TPSA) is 66.3 Å². The quantitative estimate of drug-likeness (QED) is 0.582. The minimum absolute atomic E-state index is 0.120. The van der Waals surface area contributed by atoms with Gasteiger partial charge >= 0.3 is 5.97 Å². The molecule has 0 N–H and O–H groups in total. The molecule has 0 spiro atoms. The summed E-state index contributed by atoms with van der Waals surface area (Å²) in [5.74, 6) is -1.04. The predicted octanol–water partition coefficient (Wildman–Crippen LogP) is 2.28. The van der Waals surface area contributed by atoms with Crippen LogP contribution < -0.4 is 0 Å². The van der Waals surface area contributed by atoms with Crippen LogP contribution in [-0.2, 0) is 23.4 Å². The maximum absolute atomic E-state index is 12.0. The molecule has 0 aromatic heterocycles. The van der Waals surface area contributed by atoms with Gasteiger partial charge < -0.3 is 18.6 Å². The predicted molar refractivity (Wildman–Crippen MR) is 88.1 cm³/mol. The van der Waals surface area contributed by atoms with Crippen LogP contribution in [0.4, 0.5) is 0 Å². The van der Waals surface area contributed by atoms with Gasteiger partial charge in [0.1, 0.15) is 12.2 Å². The van der Waals surface area contributed by atoms with Gasteiger partial charge in [-0.3, -0.25) is 4.99 Å². The van der Waals surface area contributed by atoms with Crippen molar-refractivity contribution in [3.05, 3.63) is 0 Å². The van der Waals surface area contributed by atoms with Crippen molar-refractivity contribution in [2.75, 3.05) is 6.61 Å². The molecule has 0 radical (unpaired) electrons. The summed E-state index contributed by atoms with van der Waals surface area (Å²) < 4.78 is 23.5. The number of rotatable bonds is 3. The van der Waals surface area contributed by atoms with E-state index >= 15 is 0 Å². The van der Waals surface area contributed by atoms with Gasteiger partial charge in [-0.1, -0.05) is 20.8 Å². The highest BCUT2D eigenvalue weighted by atomic mass is 28.4. The number of carbonyl (C=O) groups excluding carboxylic acids is 1. The lowest BCUT2D eigenvalue weighted by atomic mass is 9.91. The molecule has 6 nitrogen and oxygen atoms in total. The summed E-state index contributed by atoms with van der Waals surface area (Å²) in [4.78, 5) is 16.6. The summed E-state index contributed by atoms with van der Waals surface area (Å²) >= 11 is 0. The highest BCUT2D eigenvalue weighted by molar-refractivity contribution is 6.74. The molecule has 4 rings (SSSR count). The number of esters is 1. The molecule has 0 amide bonds. The molecule has 2 fully saturated rings. The molecule has 7 heteroatoms. The summed E-state index contributed by atoms with van der Waals surface area (Å²) in [7, 11) is -1.89. The maximum Gasteiger partial charge on any atom is 0.334 e. The second-order valence-electron chi connectivity index (χ2n) is 8.54. The Balaban J connectivity index is 1.77.